The van der Waals surface area contributed by atoms with Gasteiger partial charge in [-0.25, -0.2) is 4.79 Å². The Morgan fingerprint density at radius 3 is 2.19 bits per heavy atom. The second-order valence-corrected chi connectivity index (χ2v) is 3.26. The molecule has 0 aliphatic carbocycles. The molecule has 0 heterocycles. The van der Waals surface area contributed by atoms with E-state index in [1.54, 1.807) is 0 Å². The van der Waals surface area contributed by atoms with Gasteiger partial charge in [0, 0.05) is 5.02 Å². The van der Waals surface area contributed by atoms with Crippen LogP contribution in [0.2, 0.25) is 5.02 Å². The van der Waals surface area contributed by atoms with Crippen molar-refractivity contribution in [2.75, 3.05) is 0 Å². The molecule has 0 aliphatic heterocycles. The molecule has 1 rings (SSSR count). The fraction of sp³-hybridized carbons (Fsp3) is 0.100. The number of esters is 1. The van der Waals surface area contributed by atoms with E-state index in [0.717, 1.165) is 0 Å². The highest BCUT2D eigenvalue weighted by atomic mass is 35.5. The van der Waals surface area contributed by atoms with Crippen molar-refractivity contribution in [3.05, 3.63) is 41.4 Å². The van der Waals surface area contributed by atoms with Crippen LogP contribution in [0.4, 0.5) is 13.2 Å². The highest BCUT2D eigenvalue weighted by Gasteiger charge is 2.38. The lowest BCUT2D eigenvalue weighted by atomic mass is 10.3. The lowest BCUT2D eigenvalue weighted by Gasteiger charge is -2.09. The molecular weight excluding hydrogens is 245 g/mol. The Bertz CT molecular complexity index is 409. The Balaban J connectivity index is 2.72. The summed E-state index contributed by atoms with van der Waals surface area (Å²) in [5.74, 6) is -1.56. The zero-order chi connectivity index (χ0) is 12.3. The van der Waals surface area contributed by atoms with Gasteiger partial charge in [0.2, 0.25) is 0 Å². The lowest BCUT2D eigenvalue weighted by molar-refractivity contribution is -0.142. The Hall–Kier alpha value is -1.49. The van der Waals surface area contributed by atoms with Gasteiger partial charge in [-0.2, -0.15) is 13.2 Å². The Morgan fingerprint density at radius 1 is 1.25 bits per heavy atom. The predicted molar refractivity (Wildman–Crippen MR) is 52.3 cm³/mol. The molecule has 16 heavy (non-hydrogen) atoms. The molecule has 0 saturated heterocycles. The molecule has 0 saturated carbocycles. The zero-order valence-electron chi connectivity index (χ0n) is 7.84. The molecule has 0 atom stereocenters. The van der Waals surface area contributed by atoms with E-state index >= 15 is 0 Å². The molecule has 0 amide bonds. The highest BCUT2D eigenvalue weighted by molar-refractivity contribution is 6.30. The fourth-order valence-electron chi connectivity index (χ4n) is 0.787. The molecule has 0 spiro atoms. The monoisotopic (exact) mass is 250 g/mol. The zero-order valence-corrected chi connectivity index (χ0v) is 8.60. The maximum Gasteiger partial charge on any atom is 0.422 e. The van der Waals surface area contributed by atoms with Crippen molar-refractivity contribution in [1.82, 2.24) is 0 Å². The van der Waals surface area contributed by atoms with Crippen LogP contribution in [0.1, 0.15) is 0 Å². The van der Waals surface area contributed by atoms with Crippen molar-refractivity contribution in [1.29, 1.82) is 0 Å². The van der Waals surface area contributed by atoms with E-state index in [-0.39, 0.29) is 5.75 Å². The van der Waals surface area contributed by atoms with Crippen LogP contribution >= 0.6 is 11.6 Å². The van der Waals surface area contributed by atoms with Crippen LogP contribution < -0.4 is 4.74 Å². The molecule has 6 heteroatoms. The number of benzene rings is 1. The third kappa shape index (κ3) is 3.27. The molecule has 0 N–H and O–H groups in total. The summed E-state index contributed by atoms with van der Waals surface area (Å²) in [4.78, 5) is 11.0. The van der Waals surface area contributed by atoms with Crippen molar-refractivity contribution in [3.63, 3.8) is 0 Å². The van der Waals surface area contributed by atoms with Gasteiger partial charge in [-0.3, -0.25) is 0 Å². The number of carbonyl (C=O) groups excluding carboxylic acids is 1. The third-order valence-corrected chi connectivity index (χ3v) is 1.86. The number of halogens is 4. The van der Waals surface area contributed by atoms with Crippen molar-refractivity contribution in [2.45, 2.75) is 6.18 Å². The molecule has 0 bridgehead atoms. The van der Waals surface area contributed by atoms with E-state index in [1.165, 1.54) is 24.3 Å². The smallest absolute Gasteiger partial charge is 0.422 e. The van der Waals surface area contributed by atoms with E-state index in [4.69, 9.17) is 11.6 Å². The van der Waals surface area contributed by atoms with Crippen LogP contribution in [0, 0.1) is 0 Å². The van der Waals surface area contributed by atoms with Crippen LogP contribution in [0.15, 0.2) is 36.4 Å². The summed E-state index contributed by atoms with van der Waals surface area (Å²) in [7, 11) is 0. The van der Waals surface area contributed by atoms with Gasteiger partial charge in [0.25, 0.3) is 0 Å². The average molecular weight is 251 g/mol. The van der Waals surface area contributed by atoms with Gasteiger partial charge in [-0.15, -0.1) is 0 Å². The largest absolute Gasteiger partial charge is 0.423 e. The van der Waals surface area contributed by atoms with Gasteiger partial charge in [0.1, 0.15) is 11.3 Å². The molecule has 0 radical (unpaired) electrons. The van der Waals surface area contributed by atoms with Crippen molar-refractivity contribution in [3.8, 4) is 5.75 Å². The van der Waals surface area contributed by atoms with Crippen molar-refractivity contribution >= 4 is 17.6 Å². The van der Waals surface area contributed by atoms with Crippen LogP contribution in [0.5, 0.6) is 5.75 Å². The molecule has 1 aromatic rings. The van der Waals surface area contributed by atoms with E-state index < -0.39 is 17.7 Å². The fourth-order valence-corrected chi connectivity index (χ4v) is 0.913. The number of alkyl halides is 3. The molecule has 0 aliphatic rings. The summed E-state index contributed by atoms with van der Waals surface area (Å²) in [6.07, 6.45) is -4.79. The summed E-state index contributed by atoms with van der Waals surface area (Å²) in [5.41, 5.74) is -1.55. The number of hydrogen-bond acceptors (Lipinski definition) is 2. The maximum absolute atomic E-state index is 12.0. The minimum atomic E-state index is -4.79. The average Bonchev–Trinajstić information content (AvgIpc) is 2.19. The van der Waals surface area contributed by atoms with E-state index in [1.807, 2.05) is 0 Å². The van der Waals surface area contributed by atoms with Gasteiger partial charge >= 0.3 is 12.1 Å². The quantitative estimate of drug-likeness (QED) is 0.457. The molecule has 0 fully saturated rings. The predicted octanol–water partition coefficient (Wildman–Crippen LogP) is 3.36. The lowest BCUT2D eigenvalue weighted by Crippen LogP contribution is -2.23. The number of carbonyl (C=O) groups is 1. The molecule has 2 nitrogen and oxygen atoms in total. The Labute approximate surface area is 94.3 Å². The normalized spacial score (nSPS) is 11.0. The molecular formula is C10H6ClF3O2. The second kappa shape index (κ2) is 4.57. The second-order valence-electron chi connectivity index (χ2n) is 2.82. The Kier molecular flexibility index (Phi) is 3.59. The van der Waals surface area contributed by atoms with Gasteiger partial charge in [0.05, 0.1) is 0 Å². The van der Waals surface area contributed by atoms with Crippen LogP contribution in [-0.4, -0.2) is 12.1 Å². The Morgan fingerprint density at radius 2 is 1.75 bits per heavy atom. The first-order chi connectivity index (χ1) is 7.30. The minimum Gasteiger partial charge on any atom is -0.423 e. The number of ether oxygens (including phenoxy) is 1. The van der Waals surface area contributed by atoms with Crippen LogP contribution in [0.25, 0.3) is 0 Å². The summed E-state index contributed by atoms with van der Waals surface area (Å²) in [5, 5.41) is 0.384. The summed E-state index contributed by atoms with van der Waals surface area (Å²) in [6.45, 7) is 2.61. The van der Waals surface area contributed by atoms with Gasteiger partial charge in [-0.1, -0.05) is 18.2 Å². The first-order valence-electron chi connectivity index (χ1n) is 4.04. The first-order valence-corrected chi connectivity index (χ1v) is 4.42. The minimum absolute atomic E-state index is 0.0280. The molecule has 0 aromatic heterocycles. The van der Waals surface area contributed by atoms with Crippen molar-refractivity contribution < 1.29 is 22.7 Å². The SMILES string of the molecule is C=C(C(=O)Oc1ccc(Cl)cc1)C(F)(F)F. The standard InChI is InChI=1S/C10H6ClF3O2/c1-6(10(12,13)14)9(15)16-8-4-2-7(11)3-5-8/h2-5H,1H2. The molecule has 86 valence electrons. The summed E-state index contributed by atoms with van der Waals surface area (Å²) >= 11 is 5.55. The topological polar surface area (TPSA) is 26.3 Å². The number of rotatable bonds is 2. The van der Waals surface area contributed by atoms with Crippen molar-refractivity contribution in [2.24, 2.45) is 0 Å². The van der Waals surface area contributed by atoms with E-state index in [2.05, 4.69) is 11.3 Å². The highest BCUT2D eigenvalue weighted by Crippen LogP contribution is 2.26. The van der Waals surface area contributed by atoms with Crippen LogP contribution in [0.3, 0.4) is 0 Å². The van der Waals surface area contributed by atoms with Gasteiger partial charge < -0.3 is 4.74 Å². The first kappa shape index (κ1) is 12.6. The van der Waals surface area contributed by atoms with E-state index in [9.17, 15) is 18.0 Å². The maximum atomic E-state index is 12.0. The molecule has 1 aromatic carbocycles. The van der Waals surface area contributed by atoms with Crippen LogP contribution in [-0.2, 0) is 4.79 Å². The molecule has 0 unspecified atom stereocenters. The van der Waals surface area contributed by atoms with Gasteiger partial charge in [-0.05, 0) is 24.3 Å². The summed E-state index contributed by atoms with van der Waals surface area (Å²) < 4.78 is 40.6. The summed E-state index contributed by atoms with van der Waals surface area (Å²) in [6, 6.07) is 5.34. The number of hydrogen-bond donors (Lipinski definition) is 0. The third-order valence-electron chi connectivity index (χ3n) is 1.61. The van der Waals surface area contributed by atoms with Gasteiger partial charge in [0.15, 0.2) is 0 Å². The van der Waals surface area contributed by atoms with E-state index in [0.29, 0.717) is 5.02 Å².